The van der Waals surface area contributed by atoms with E-state index in [1.54, 1.807) is 6.07 Å². The summed E-state index contributed by atoms with van der Waals surface area (Å²) in [6.07, 6.45) is 1.36. The van der Waals surface area contributed by atoms with Gasteiger partial charge in [0, 0.05) is 19.2 Å². The van der Waals surface area contributed by atoms with Gasteiger partial charge in [0.25, 0.3) is 0 Å². The summed E-state index contributed by atoms with van der Waals surface area (Å²) in [6, 6.07) is 3.13. The zero-order valence-corrected chi connectivity index (χ0v) is 11.9. The molecule has 1 saturated heterocycles. The number of piperidine rings is 1. The highest BCUT2D eigenvalue weighted by Gasteiger charge is 2.28. The summed E-state index contributed by atoms with van der Waals surface area (Å²) in [5.74, 6) is -0.243. The van der Waals surface area contributed by atoms with Crippen molar-refractivity contribution in [1.29, 1.82) is 0 Å². The number of nitrogens with zero attached hydrogens (tertiary/aromatic N) is 1. The molecule has 0 aliphatic carbocycles. The van der Waals surface area contributed by atoms with Gasteiger partial charge in [-0.2, -0.15) is 0 Å². The highest BCUT2D eigenvalue weighted by Crippen LogP contribution is 2.31. The molecule has 0 unspecified atom stereocenters. The third kappa shape index (κ3) is 2.82. The molecule has 5 heteroatoms. The predicted molar refractivity (Wildman–Crippen MR) is 75.6 cm³/mol. The molecule has 1 heterocycles. The second kappa shape index (κ2) is 4.61. The van der Waals surface area contributed by atoms with Crippen LogP contribution < -0.4 is 10.6 Å². The van der Waals surface area contributed by atoms with Crippen LogP contribution in [0.3, 0.4) is 0 Å². The molecule has 0 atom stereocenters. The Morgan fingerprint density at radius 1 is 1.41 bits per heavy atom. The lowest BCUT2D eigenvalue weighted by Crippen LogP contribution is -2.42. The van der Waals surface area contributed by atoms with Gasteiger partial charge in [-0.05, 0) is 48.4 Å². The van der Waals surface area contributed by atoms with Crippen LogP contribution >= 0.6 is 22.6 Å². The Morgan fingerprint density at radius 3 is 2.59 bits per heavy atom. The van der Waals surface area contributed by atoms with Crippen LogP contribution in [0.15, 0.2) is 12.1 Å². The van der Waals surface area contributed by atoms with Gasteiger partial charge in [0.1, 0.15) is 5.82 Å². The van der Waals surface area contributed by atoms with Crippen molar-refractivity contribution in [1.82, 2.24) is 0 Å². The Bertz CT molecular complexity index is 427. The van der Waals surface area contributed by atoms with Gasteiger partial charge < -0.3 is 15.7 Å². The number of aliphatic hydroxyl groups is 1. The molecule has 1 aromatic carbocycles. The summed E-state index contributed by atoms with van der Waals surface area (Å²) in [4.78, 5) is 2.03. The van der Waals surface area contributed by atoms with Crippen molar-refractivity contribution in [3.8, 4) is 0 Å². The summed E-state index contributed by atoms with van der Waals surface area (Å²) < 4.78 is 14.1. The molecule has 0 bridgehead atoms. The van der Waals surface area contributed by atoms with Gasteiger partial charge in [0.15, 0.2) is 0 Å². The lowest BCUT2D eigenvalue weighted by atomic mass is 9.93. The van der Waals surface area contributed by atoms with Crippen molar-refractivity contribution >= 4 is 34.0 Å². The van der Waals surface area contributed by atoms with E-state index in [1.165, 1.54) is 6.07 Å². The van der Waals surface area contributed by atoms with Crippen molar-refractivity contribution in [2.24, 2.45) is 0 Å². The molecule has 1 aromatic rings. The van der Waals surface area contributed by atoms with Gasteiger partial charge in [0.05, 0.1) is 20.5 Å². The first-order chi connectivity index (χ1) is 7.89. The number of hydrogen-bond acceptors (Lipinski definition) is 3. The van der Waals surface area contributed by atoms with Crippen LogP contribution in [0.5, 0.6) is 0 Å². The first kappa shape index (κ1) is 12.9. The Labute approximate surface area is 114 Å². The third-order valence-corrected chi connectivity index (χ3v) is 4.08. The first-order valence-electron chi connectivity index (χ1n) is 5.61. The molecule has 3 nitrogen and oxygen atoms in total. The average molecular weight is 350 g/mol. The minimum Gasteiger partial charge on any atom is -0.397 e. The zero-order chi connectivity index (χ0) is 12.6. The fraction of sp³-hybridized carbons (Fsp3) is 0.500. The molecule has 1 aliphatic rings. The highest BCUT2D eigenvalue weighted by atomic mass is 127. The maximum Gasteiger partial charge on any atom is 0.138 e. The monoisotopic (exact) mass is 350 g/mol. The molecule has 0 aromatic heterocycles. The van der Waals surface area contributed by atoms with E-state index < -0.39 is 5.60 Å². The second-order valence-electron chi connectivity index (χ2n) is 4.81. The van der Waals surface area contributed by atoms with Crippen LogP contribution in [-0.4, -0.2) is 23.8 Å². The molecule has 94 valence electrons. The van der Waals surface area contributed by atoms with E-state index in [1.807, 2.05) is 34.4 Å². The predicted octanol–water partition coefficient (Wildman–Crippen LogP) is 2.36. The first-order valence-corrected chi connectivity index (χ1v) is 6.69. The summed E-state index contributed by atoms with van der Waals surface area (Å²) in [5.41, 5.74) is 6.64. The van der Waals surface area contributed by atoms with E-state index in [4.69, 9.17) is 5.73 Å². The maximum atomic E-state index is 13.5. The lowest BCUT2D eigenvalue weighted by Gasteiger charge is -2.37. The van der Waals surface area contributed by atoms with Gasteiger partial charge in [-0.15, -0.1) is 0 Å². The fourth-order valence-electron chi connectivity index (χ4n) is 2.05. The summed E-state index contributed by atoms with van der Waals surface area (Å²) in [5, 5.41) is 9.87. The number of anilines is 2. The van der Waals surface area contributed by atoms with Crippen LogP contribution in [0.4, 0.5) is 15.8 Å². The number of nitrogens with two attached hydrogens (primary N) is 1. The minimum atomic E-state index is -0.604. The van der Waals surface area contributed by atoms with Crippen LogP contribution in [0, 0.1) is 9.39 Å². The molecule has 0 radical (unpaired) electrons. The topological polar surface area (TPSA) is 49.5 Å². The number of benzene rings is 1. The van der Waals surface area contributed by atoms with Crippen molar-refractivity contribution in [3.05, 3.63) is 21.5 Å². The molecule has 0 amide bonds. The van der Waals surface area contributed by atoms with Gasteiger partial charge in [-0.3, -0.25) is 0 Å². The number of nitrogen functional groups attached to an aromatic ring is 1. The number of hydrogen-bond donors (Lipinski definition) is 2. The third-order valence-electron chi connectivity index (χ3n) is 3.25. The summed E-state index contributed by atoms with van der Waals surface area (Å²) >= 11 is 1.93. The largest absolute Gasteiger partial charge is 0.397 e. The van der Waals surface area contributed by atoms with E-state index in [9.17, 15) is 9.50 Å². The van der Waals surface area contributed by atoms with E-state index in [-0.39, 0.29) is 5.82 Å². The van der Waals surface area contributed by atoms with Crippen molar-refractivity contribution in [3.63, 3.8) is 0 Å². The van der Waals surface area contributed by atoms with E-state index >= 15 is 0 Å². The van der Waals surface area contributed by atoms with Crippen LogP contribution in [0.1, 0.15) is 19.8 Å². The standard InChI is InChI=1S/C12H16FIN2O/c1-12(17)2-4-16(5-3-12)11-6-8(13)9(14)7-10(11)15/h6-7,17H,2-5,15H2,1H3. The molecular formula is C12H16FIN2O. The van der Waals surface area contributed by atoms with Gasteiger partial charge >= 0.3 is 0 Å². The van der Waals surface area contributed by atoms with Gasteiger partial charge in [-0.25, -0.2) is 4.39 Å². The Kier molecular flexibility index (Phi) is 3.49. The summed E-state index contributed by atoms with van der Waals surface area (Å²) in [6.45, 7) is 3.25. The lowest BCUT2D eigenvalue weighted by molar-refractivity contribution is 0.0351. The van der Waals surface area contributed by atoms with Crippen LogP contribution in [0.2, 0.25) is 0 Å². The van der Waals surface area contributed by atoms with Crippen LogP contribution in [-0.2, 0) is 0 Å². The van der Waals surface area contributed by atoms with Gasteiger partial charge in [0.2, 0.25) is 0 Å². The average Bonchev–Trinajstić information content (AvgIpc) is 2.24. The van der Waals surface area contributed by atoms with Gasteiger partial charge in [-0.1, -0.05) is 0 Å². The smallest absolute Gasteiger partial charge is 0.138 e. The Morgan fingerprint density at radius 2 is 2.00 bits per heavy atom. The van der Waals surface area contributed by atoms with E-state index in [0.29, 0.717) is 35.2 Å². The SMILES string of the molecule is CC1(O)CCN(c2cc(F)c(I)cc2N)CC1. The molecule has 2 rings (SSSR count). The molecule has 1 fully saturated rings. The van der Waals surface area contributed by atoms with Crippen molar-refractivity contribution in [2.45, 2.75) is 25.4 Å². The normalized spacial score (nSPS) is 19.4. The second-order valence-corrected chi connectivity index (χ2v) is 5.97. The minimum absolute atomic E-state index is 0.243. The highest BCUT2D eigenvalue weighted by molar-refractivity contribution is 14.1. The summed E-state index contributed by atoms with van der Waals surface area (Å²) in [7, 11) is 0. The Hall–Kier alpha value is -0.560. The molecule has 0 spiro atoms. The van der Waals surface area contributed by atoms with Crippen molar-refractivity contribution < 1.29 is 9.50 Å². The molecule has 17 heavy (non-hydrogen) atoms. The fourth-order valence-corrected chi connectivity index (χ4v) is 2.55. The van der Waals surface area contributed by atoms with E-state index in [2.05, 4.69) is 0 Å². The van der Waals surface area contributed by atoms with Crippen molar-refractivity contribution in [2.75, 3.05) is 23.7 Å². The zero-order valence-electron chi connectivity index (χ0n) is 9.71. The number of rotatable bonds is 1. The maximum absolute atomic E-state index is 13.5. The van der Waals surface area contributed by atoms with Crippen LogP contribution in [0.25, 0.3) is 0 Å². The molecule has 3 N–H and O–H groups in total. The Balaban J connectivity index is 2.21. The van der Waals surface area contributed by atoms with E-state index in [0.717, 1.165) is 5.69 Å². The molecular weight excluding hydrogens is 334 g/mol. The molecule has 0 saturated carbocycles. The molecule has 1 aliphatic heterocycles. The number of halogens is 2. The quantitative estimate of drug-likeness (QED) is 0.604.